The van der Waals surface area contributed by atoms with Gasteiger partial charge in [-0.3, -0.25) is 4.79 Å². The van der Waals surface area contributed by atoms with Gasteiger partial charge in [-0.2, -0.15) is 0 Å². The van der Waals surface area contributed by atoms with Gasteiger partial charge in [-0.1, -0.05) is 60.7 Å². The van der Waals surface area contributed by atoms with E-state index in [4.69, 9.17) is 4.74 Å². The summed E-state index contributed by atoms with van der Waals surface area (Å²) in [6, 6.07) is 19.1. The zero-order valence-corrected chi connectivity index (χ0v) is 14.8. The van der Waals surface area contributed by atoms with Crippen LogP contribution < -0.4 is 0 Å². The monoisotopic (exact) mass is 351 g/mol. The molecule has 0 aliphatic rings. The van der Waals surface area contributed by atoms with Crippen molar-refractivity contribution in [3.63, 3.8) is 0 Å². The van der Waals surface area contributed by atoms with Gasteiger partial charge in [0.05, 0.1) is 25.8 Å². The predicted molar refractivity (Wildman–Crippen MR) is 99.9 cm³/mol. The molecule has 0 unspecified atom stereocenters. The third kappa shape index (κ3) is 5.41. The van der Waals surface area contributed by atoms with Crippen molar-refractivity contribution in [2.75, 3.05) is 13.7 Å². The van der Waals surface area contributed by atoms with Crippen LogP contribution in [0.3, 0.4) is 0 Å². The molecule has 0 aliphatic heterocycles. The quantitative estimate of drug-likeness (QED) is 0.435. The van der Waals surface area contributed by atoms with Crippen LogP contribution in [-0.4, -0.2) is 31.4 Å². The van der Waals surface area contributed by atoms with Crippen molar-refractivity contribution >= 4 is 17.7 Å². The topological polar surface area (TPSA) is 65.0 Å². The van der Waals surface area contributed by atoms with Crippen LogP contribution in [0.2, 0.25) is 0 Å². The second-order valence-corrected chi connectivity index (χ2v) is 5.28. The highest BCUT2D eigenvalue weighted by Gasteiger charge is 2.14. The van der Waals surface area contributed by atoms with E-state index in [0.717, 1.165) is 11.1 Å². The standard InChI is InChI=1S/C21H21NO4/c1-3-26-21(24)18(14-15-19(23)25-2)22-20(16-10-6-4-7-11-16)17-12-8-5-9-13-17/h4-14H,3,15H2,1-2H3/b18-14-. The summed E-state index contributed by atoms with van der Waals surface area (Å²) in [5, 5.41) is 0. The second-order valence-electron chi connectivity index (χ2n) is 5.28. The van der Waals surface area contributed by atoms with E-state index in [1.807, 2.05) is 60.7 Å². The summed E-state index contributed by atoms with van der Waals surface area (Å²) < 4.78 is 9.71. The summed E-state index contributed by atoms with van der Waals surface area (Å²) in [5.74, 6) is -1.04. The fourth-order valence-electron chi connectivity index (χ4n) is 2.25. The van der Waals surface area contributed by atoms with E-state index in [0.29, 0.717) is 5.71 Å². The third-order valence-corrected chi connectivity index (χ3v) is 3.50. The molecule has 134 valence electrons. The molecule has 0 spiro atoms. The molecule has 0 aliphatic carbocycles. The smallest absolute Gasteiger partial charge is 0.356 e. The number of aliphatic imine (C=N–C) groups is 1. The first kappa shape index (κ1) is 19.1. The number of hydrogen-bond acceptors (Lipinski definition) is 5. The molecule has 0 bridgehead atoms. The molecule has 0 atom stereocenters. The highest BCUT2D eigenvalue weighted by molar-refractivity contribution is 6.14. The van der Waals surface area contributed by atoms with Gasteiger partial charge in [0.15, 0.2) is 0 Å². The van der Waals surface area contributed by atoms with Gasteiger partial charge < -0.3 is 9.47 Å². The largest absolute Gasteiger partial charge is 0.469 e. The lowest BCUT2D eigenvalue weighted by Crippen LogP contribution is -2.11. The molecule has 0 heterocycles. The van der Waals surface area contributed by atoms with Gasteiger partial charge >= 0.3 is 11.9 Å². The SMILES string of the molecule is CCOC(=O)/C(=C/CC(=O)OC)N=C(c1ccccc1)c1ccccc1. The second kappa shape index (κ2) is 9.93. The molecule has 0 fully saturated rings. The van der Waals surface area contributed by atoms with Crippen LogP contribution in [0.4, 0.5) is 0 Å². The Labute approximate surface area is 153 Å². The summed E-state index contributed by atoms with van der Waals surface area (Å²) in [6.45, 7) is 1.94. The van der Waals surface area contributed by atoms with Crippen LogP contribution >= 0.6 is 0 Å². The maximum Gasteiger partial charge on any atom is 0.356 e. The van der Waals surface area contributed by atoms with Crippen molar-refractivity contribution in [3.05, 3.63) is 83.6 Å². The zero-order valence-electron chi connectivity index (χ0n) is 14.8. The van der Waals surface area contributed by atoms with E-state index in [2.05, 4.69) is 9.73 Å². The van der Waals surface area contributed by atoms with Gasteiger partial charge in [0.25, 0.3) is 0 Å². The number of carbonyl (C=O) groups is 2. The lowest BCUT2D eigenvalue weighted by Gasteiger charge is -2.09. The summed E-state index contributed by atoms with van der Waals surface area (Å²) in [4.78, 5) is 28.3. The number of hydrogen-bond donors (Lipinski definition) is 0. The van der Waals surface area contributed by atoms with Crippen LogP contribution in [-0.2, 0) is 19.1 Å². The van der Waals surface area contributed by atoms with Crippen LogP contribution in [0.1, 0.15) is 24.5 Å². The Hall–Kier alpha value is -3.21. The fraction of sp³-hybridized carbons (Fsp3) is 0.190. The number of nitrogens with zero attached hydrogens (tertiary/aromatic N) is 1. The number of benzene rings is 2. The van der Waals surface area contributed by atoms with Crippen molar-refractivity contribution in [3.8, 4) is 0 Å². The Bertz CT molecular complexity index is 754. The summed E-state index contributed by atoms with van der Waals surface area (Å²) in [7, 11) is 1.29. The molecule has 0 amide bonds. The molecule has 2 aromatic carbocycles. The molecule has 5 nitrogen and oxygen atoms in total. The highest BCUT2D eigenvalue weighted by Crippen LogP contribution is 2.15. The van der Waals surface area contributed by atoms with Gasteiger partial charge in [-0.25, -0.2) is 9.79 Å². The van der Waals surface area contributed by atoms with Gasteiger partial charge in [-0.05, 0) is 13.0 Å². The van der Waals surface area contributed by atoms with Crippen molar-refractivity contribution in [2.45, 2.75) is 13.3 Å². The van der Waals surface area contributed by atoms with Crippen molar-refractivity contribution in [2.24, 2.45) is 4.99 Å². The minimum absolute atomic E-state index is 0.0645. The maximum absolute atomic E-state index is 12.3. The molecule has 2 rings (SSSR count). The average molecular weight is 351 g/mol. The first-order valence-corrected chi connectivity index (χ1v) is 8.29. The molecule has 0 saturated carbocycles. The summed E-state index contributed by atoms with van der Waals surface area (Å²) in [6.07, 6.45) is 1.36. The molecular weight excluding hydrogens is 330 g/mol. The summed E-state index contributed by atoms with van der Waals surface area (Å²) >= 11 is 0. The van der Waals surface area contributed by atoms with E-state index in [1.54, 1.807) is 6.92 Å². The van der Waals surface area contributed by atoms with Crippen LogP contribution in [0.15, 0.2) is 77.4 Å². The molecular formula is C21H21NO4. The molecule has 0 saturated heterocycles. The van der Waals surface area contributed by atoms with Gasteiger partial charge in [-0.15, -0.1) is 0 Å². The fourth-order valence-corrected chi connectivity index (χ4v) is 2.25. The Kier molecular flexibility index (Phi) is 7.31. The van der Waals surface area contributed by atoms with Crippen LogP contribution in [0.5, 0.6) is 0 Å². The lowest BCUT2D eigenvalue weighted by molar-refractivity contribution is -0.139. The first-order chi connectivity index (χ1) is 12.7. The van der Waals surface area contributed by atoms with E-state index in [1.165, 1.54) is 13.2 Å². The maximum atomic E-state index is 12.3. The van der Waals surface area contributed by atoms with Crippen LogP contribution in [0, 0.1) is 0 Å². The molecule has 0 radical (unpaired) electrons. The number of esters is 2. The molecule has 2 aromatic rings. The highest BCUT2D eigenvalue weighted by atomic mass is 16.5. The number of methoxy groups -OCH3 is 1. The number of ether oxygens (including phenoxy) is 2. The summed E-state index contributed by atoms with van der Waals surface area (Å²) in [5.41, 5.74) is 2.40. The Balaban J connectivity index is 2.52. The van der Waals surface area contributed by atoms with Gasteiger partial charge in [0.1, 0.15) is 5.70 Å². The Morgan fingerprint density at radius 2 is 1.50 bits per heavy atom. The average Bonchev–Trinajstić information content (AvgIpc) is 2.69. The molecule has 0 N–H and O–H groups in total. The van der Waals surface area contributed by atoms with Gasteiger partial charge in [0.2, 0.25) is 0 Å². The third-order valence-electron chi connectivity index (χ3n) is 3.50. The number of rotatable bonds is 7. The van der Waals surface area contributed by atoms with E-state index < -0.39 is 11.9 Å². The Morgan fingerprint density at radius 3 is 1.96 bits per heavy atom. The number of carbonyl (C=O) groups excluding carboxylic acids is 2. The Morgan fingerprint density at radius 1 is 0.962 bits per heavy atom. The lowest BCUT2D eigenvalue weighted by atomic mass is 10.0. The predicted octanol–water partition coefficient (Wildman–Crippen LogP) is 3.53. The molecule has 5 heteroatoms. The zero-order chi connectivity index (χ0) is 18.8. The molecule has 0 aromatic heterocycles. The van der Waals surface area contributed by atoms with Crippen LogP contribution in [0.25, 0.3) is 0 Å². The van der Waals surface area contributed by atoms with E-state index in [9.17, 15) is 9.59 Å². The van der Waals surface area contributed by atoms with E-state index >= 15 is 0 Å². The minimum Gasteiger partial charge on any atom is -0.469 e. The molecule has 26 heavy (non-hydrogen) atoms. The van der Waals surface area contributed by atoms with Crippen molar-refractivity contribution in [1.29, 1.82) is 0 Å². The first-order valence-electron chi connectivity index (χ1n) is 8.29. The normalized spacial score (nSPS) is 10.8. The van der Waals surface area contributed by atoms with Crippen molar-refractivity contribution < 1.29 is 19.1 Å². The minimum atomic E-state index is -0.583. The van der Waals surface area contributed by atoms with Crippen molar-refractivity contribution in [1.82, 2.24) is 0 Å². The van der Waals surface area contributed by atoms with Gasteiger partial charge in [0, 0.05) is 11.1 Å². The van der Waals surface area contributed by atoms with E-state index in [-0.39, 0.29) is 18.7 Å².